The number of hydrogen-bond acceptors (Lipinski definition) is 7. The predicted molar refractivity (Wildman–Crippen MR) is 174 cm³/mol. The lowest BCUT2D eigenvalue weighted by Crippen LogP contribution is -2.47. The highest BCUT2D eigenvalue weighted by Crippen LogP contribution is 2.30. The van der Waals surface area contributed by atoms with E-state index in [0.29, 0.717) is 43.7 Å². The van der Waals surface area contributed by atoms with Crippen molar-refractivity contribution in [2.75, 3.05) is 13.1 Å². The van der Waals surface area contributed by atoms with Gasteiger partial charge in [-0.15, -0.1) is 0 Å². The molecule has 0 unspecified atom stereocenters. The van der Waals surface area contributed by atoms with Crippen molar-refractivity contribution in [1.29, 1.82) is 0 Å². The Balaban J connectivity index is 1.12. The molecule has 0 radical (unpaired) electrons. The Morgan fingerprint density at radius 2 is 1.84 bits per heavy atom. The standard InChI is InChI=1S/C33H38ClN7O4/c1-32(2,3)45-31(43)36-17-21-5-7-22(8-6-21)29-27-28(38-39(29)4)30(42)41(20-37-27)19-33(44)12-15-40(16-13-33)18-23-9-10-25(34)24-11-14-35-26(23)24/h5-11,14,20,35,44H,12-13,15-19H2,1-4H3,(H,36,43). The molecule has 1 saturated heterocycles. The van der Waals surface area contributed by atoms with Gasteiger partial charge in [-0.2, -0.15) is 5.10 Å². The number of alkyl carbamates (subject to hydrolysis) is 1. The highest BCUT2D eigenvalue weighted by molar-refractivity contribution is 6.35. The van der Waals surface area contributed by atoms with Gasteiger partial charge in [-0.1, -0.05) is 41.9 Å². The van der Waals surface area contributed by atoms with Gasteiger partial charge in [-0.3, -0.25) is 18.9 Å². The number of benzene rings is 2. The number of halogens is 1. The molecular formula is C33H38ClN7O4. The number of hydrogen-bond donors (Lipinski definition) is 3. The van der Waals surface area contributed by atoms with Crippen LogP contribution in [0.4, 0.5) is 4.79 Å². The van der Waals surface area contributed by atoms with Gasteiger partial charge in [0, 0.05) is 55.4 Å². The average molecular weight is 632 g/mol. The monoisotopic (exact) mass is 631 g/mol. The number of likely N-dealkylation sites (tertiary alicyclic amines) is 1. The van der Waals surface area contributed by atoms with Gasteiger partial charge >= 0.3 is 6.09 Å². The third-order valence-corrected chi connectivity index (χ3v) is 8.61. The van der Waals surface area contributed by atoms with Crippen LogP contribution < -0.4 is 10.9 Å². The number of piperidine rings is 1. The second-order valence-electron chi connectivity index (χ2n) is 12.9. The number of nitrogens with zero attached hydrogens (tertiary/aromatic N) is 5. The summed E-state index contributed by atoms with van der Waals surface area (Å²) in [6.45, 7) is 8.06. The zero-order valence-electron chi connectivity index (χ0n) is 25.9. The SMILES string of the molecule is Cn1nc2c(=O)n(CC3(O)CCN(Cc4ccc(Cl)c5cc[nH]c45)CC3)cnc2c1-c1ccc(CNC(=O)OC(C)(C)C)cc1. The van der Waals surface area contributed by atoms with Gasteiger partial charge in [0.25, 0.3) is 5.56 Å². The van der Waals surface area contributed by atoms with E-state index in [1.165, 1.54) is 10.9 Å². The number of carbonyl (C=O) groups excluding carboxylic acids is 1. The maximum atomic E-state index is 13.5. The molecule has 3 N–H and O–H groups in total. The third-order valence-electron chi connectivity index (χ3n) is 8.28. The van der Waals surface area contributed by atoms with Gasteiger partial charge < -0.3 is 20.1 Å². The quantitative estimate of drug-likeness (QED) is 0.231. The maximum absolute atomic E-state index is 13.5. The number of aryl methyl sites for hydroxylation is 1. The van der Waals surface area contributed by atoms with E-state index in [4.69, 9.17) is 16.3 Å². The first-order chi connectivity index (χ1) is 21.4. The van der Waals surface area contributed by atoms with E-state index in [9.17, 15) is 14.7 Å². The summed E-state index contributed by atoms with van der Waals surface area (Å²) in [7, 11) is 1.78. The summed E-state index contributed by atoms with van der Waals surface area (Å²) in [4.78, 5) is 35.8. The minimum Gasteiger partial charge on any atom is -0.444 e. The summed E-state index contributed by atoms with van der Waals surface area (Å²) in [5, 5.41) is 20.5. The van der Waals surface area contributed by atoms with Crippen LogP contribution in [0.25, 0.3) is 33.2 Å². The van der Waals surface area contributed by atoms with Gasteiger partial charge in [0.2, 0.25) is 0 Å². The topological polar surface area (TPSA) is 130 Å². The van der Waals surface area contributed by atoms with Crippen LogP contribution in [0.3, 0.4) is 0 Å². The molecular weight excluding hydrogens is 594 g/mol. The Kier molecular flexibility index (Phi) is 8.19. The highest BCUT2D eigenvalue weighted by Gasteiger charge is 2.33. The summed E-state index contributed by atoms with van der Waals surface area (Å²) >= 11 is 6.34. The van der Waals surface area contributed by atoms with Crippen molar-refractivity contribution in [1.82, 2.24) is 34.5 Å². The Labute approximate surface area is 265 Å². The number of rotatable bonds is 7. The summed E-state index contributed by atoms with van der Waals surface area (Å²) in [5.74, 6) is 0. The van der Waals surface area contributed by atoms with Crippen LogP contribution in [0, 0.1) is 0 Å². The van der Waals surface area contributed by atoms with E-state index in [1.54, 1.807) is 11.7 Å². The molecule has 0 saturated carbocycles. The van der Waals surface area contributed by atoms with Crippen LogP contribution in [0.2, 0.25) is 5.02 Å². The predicted octanol–water partition coefficient (Wildman–Crippen LogP) is 4.98. The van der Waals surface area contributed by atoms with E-state index in [2.05, 4.69) is 25.3 Å². The molecule has 11 nitrogen and oxygen atoms in total. The van der Waals surface area contributed by atoms with E-state index in [-0.39, 0.29) is 17.6 Å². The molecule has 1 amide bonds. The fourth-order valence-electron chi connectivity index (χ4n) is 5.96. The van der Waals surface area contributed by atoms with Gasteiger partial charge in [0.15, 0.2) is 5.52 Å². The lowest BCUT2D eigenvalue weighted by Gasteiger charge is -2.38. The Hall–Kier alpha value is -4.19. The summed E-state index contributed by atoms with van der Waals surface area (Å²) < 4.78 is 8.43. The van der Waals surface area contributed by atoms with Gasteiger partial charge in [0.05, 0.1) is 29.7 Å². The summed E-state index contributed by atoms with van der Waals surface area (Å²) in [6, 6.07) is 13.6. The zero-order chi connectivity index (χ0) is 31.9. The zero-order valence-corrected chi connectivity index (χ0v) is 26.7. The van der Waals surface area contributed by atoms with Crippen molar-refractivity contribution in [3.63, 3.8) is 0 Å². The molecule has 4 heterocycles. The smallest absolute Gasteiger partial charge is 0.407 e. The molecule has 45 heavy (non-hydrogen) atoms. The largest absolute Gasteiger partial charge is 0.444 e. The molecule has 0 bridgehead atoms. The number of aromatic nitrogens is 5. The van der Waals surface area contributed by atoms with Crippen molar-refractivity contribution in [3.05, 3.63) is 81.5 Å². The average Bonchev–Trinajstić information content (AvgIpc) is 3.62. The van der Waals surface area contributed by atoms with Crippen LogP contribution in [-0.2, 0) is 31.4 Å². The molecule has 12 heteroatoms. The number of amides is 1. The molecule has 5 aromatic rings. The van der Waals surface area contributed by atoms with Crippen LogP contribution in [0.5, 0.6) is 0 Å². The molecule has 3 aromatic heterocycles. The minimum atomic E-state index is -1.03. The molecule has 1 aliphatic heterocycles. The highest BCUT2D eigenvalue weighted by atomic mass is 35.5. The summed E-state index contributed by atoms with van der Waals surface area (Å²) in [6.07, 6.45) is 3.99. The minimum absolute atomic E-state index is 0.148. The number of H-pyrrole nitrogens is 1. The van der Waals surface area contributed by atoms with Gasteiger partial charge in [-0.25, -0.2) is 9.78 Å². The van der Waals surface area contributed by atoms with E-state index in [1.807, 2.05) is 69.4 Å². The van der Waals surface area contributed by atoms with Crippen molar-refractivity contribution in [2.24, 2.45) is 7.05 Å². The normalized spacial score (nSPS) is 15.5. The Morgan fingerprint density at radius 1 is 1.11 bits per heavy atom. The molecule has 0 atom stereocenters. The molecule has 1 fully saturated rings. The van der Waals surface area contributed by atoms with Crippen LogP contribution in [0.15, 0.2) is 59.8 Å². The first-order valence-corrected chi connectivity index (χ1v) is 15.4. The lowest BCUT2D eigenvalue weighted by atomic mass is 9.91. The third kappa shape index (κ3) is 6.61. The van der Waals surface area contributed by atoms with Crippen LogP contribution >= 0.6 is 11.6 Å². The first-order valence-electron chi connectivity index (χ1n) is 15.1. The van der Waals surface area contributed by atoms with Crippen LogP contribution in [0.1, 0.15) is 44.7 Å². The fourth-order valence-corrected chi connectivity index (χ4v) is 6.18. The van der Waals surface area contributed by atoms with E-state index < -0.39 is 17.3 Å². The molecule has 2 aromatic carbocycles. The van der Waals surface area contributed by atoms with Crippen molar-refractivity contribution in [3.8, 4) is 11.3 Å². The number of carbonyl (C=O) groups is 1. The van der Waals surface area contributed by atoms with Crippen LogP contribution in [-0.4, -0.2) is 64.7 Å². The number of fused-ring (bicyclic) bond motifs is 2. The molecule has 6 rings (SSSR count). The van der Waals surface area contributed by atoms with Gasteiger partial charge in [0.1, 0.15) is 11.1 Å². The Morgan fingerprint density at radius 3 is 2.56 bits per heavy atom. The van der Waals surface area contributed by atoms with Crippen molar-refractivity contribution < 1.29 is 14.6 Å². The number of aliphatic hydroxyl groups is 1. The molecule has 1 aliphatic rings. The van der Waals surface area contributed by atoms with Crippen molar-refractivity contribution >= 4 is 39.6 Å². The van der Waals surface area contributed by atoms with Crippen molar-refractivity contribution in [2.45, 2.75) is 64.4 Å². The first kappa shape index (κ1) is 30.8. The van der Waals surface area contributed by atoms with E-state index >= 15 is 0 Å². The lowest BCUT2D eigenvalue weighted by molar-refractivity contribution is -0.0364. The second-order valence-corrected chi connectivity index (χ2v) is 13.3. The molecule has 0 spiro atoms. The number of aromatic amines is 1. The summed E-state index contributed by atoms with van der Waals surface area (Å²) in [5.41, 5.74) is 3.53. The number of ether oxygens (including phenoxy) is 1. The Bertz CT molecular complexity index is 1910. The van der Waals surface area contributed by atoms with Gasteiger partial charge in [-0.05, 0) is 56.9 Å². The molecule has 0 aliphatic carbocycles. The fraction of sp³-hybridized carbons (Fsp3) is 0.394. The number of nitrogens with one attached hydrogen (secondary N) is 2. The van der Waals surface area contributed by atoms with E-state index in [0.717, 1.165) is 39.2 Å². The molecule has 236 valence electrons. The second kappa shape index (κ2) is 12.0. The maximum Gasteiger partial charge on any atom is 0.407 e.